The minimum atomic E-state index is -0.692. The Morgan fingerprint density at radius 2 is 1.34 bits per heavy atom. The first-order chi connectivity index (χ1) is 28.0. The third-order valence-electron chi connectivity index (χ3n) is 10.9. The van der Waals surface area contributed by atoms with Crippen LogP contribution in [0.5, 0.6) is 0 Å². The van der Waals surface area contributed by atoms with Crippen molar-refractivity contribution in [3.05, 3.63) is 83.4 Å². The highest BCUT2D eigenvalue weighted by molar-refractivity contribution is 5.87. The summed E-state index contributed by atoms with van der Waals surface area (Å²) in [5, 5.41) is 2.70. The fourth-order valence-electron chi connectivity index (χ4n) is 7.85. The highest BCUT2D eigenvalue weighted by Crippen LogP contribution is 2.35. The summed E-state index contributed by atoms with van der Waals surface area (Å²) in [4.78, 5) is 73.3. The van der Waals surface area contributed by atoms with E-state index in [9.17, 15) is 14.4 Å². The maximum atomic E-state index is 13.6. The summed E-state index contributed by atoms with van der Waals surface area (Å²) in [7, 11) is 2.68. The summed E-state index contributed by atoms with van der Waals surface area (Å²) >= 11 is 0. The van der Waals surface area contributed by atoms with Crippen LogP contribution in [0.4, 0.5) is 4.79 Å². The monoisotopic (exact) mass is 786 g/mol. The number of carbonyl (C=O) groups excluding carboxylic acids is 3. The molecule has 2 aliphatic heterocycles. The van der Waals surface area contributed by atoms with Crippen LogP contribution in [-0.2, 0) is 24.1 Å². The Labute approximate surface area is 337 Å². The van der Waals surface area contributed by atoms with Crippen LogP contribution < -0.4 is 5.32 Å². The molecule has 0 unspecified atom stereocenters. The Morgan fingerprint density at radius 1 is 0.776 bits per heavy atom. The molecule has 0 aliphatic carbocycles. The number of benzene rings is 3. The van der Waals surface area contributed by atoms with Crippen LogP contribution >= 0.6 is 0 Å². The molecule has 4 atom stereocenters. The number of carbonyl (C=O) groups is 3. The standard InChI is InChI=1S/C44H50N8O6/c1-26(2)38(45-25-58-57-6)42(53)51-21-7-9-36(51)41-47-33-20-18-31(24-35(33)49-41)30-16-13-28(14-17-30)11-12-29-15-19-32-34(23-29)48-40(46-32)37-10-8-22-52(37)43(54)39(27(3)4)50-44(55)56-5/h13-20,23-27,36-39H,7-10,21-22H2,1-6H3,(H,46,48)(H,47,49)(H,50,55)/b45-25-/t36-,37-,38-,39-/m0/s1. The lowest BCUT2D eigenvalue weighted by molar-refractivity contribution is -0.188. The van der Waals surface area contributed by atoms with Crippen molar-refractivity contribution in [3.63, 3.8) is 0 Å². The molecule has 3 amide bonds. The molecule has 0 spiro atoms. The predicted molar refractivity (Wildman–Crippen MR) is 220 cm³/mol. The van der Waals surface area contributed by atoms with E-state index in [1.807, 2.05) is 73.9 Å². The number of aliphatic imine (C=N–C) groups is 1. The molecule has 7 rings (SSSR count). The quantitative estimate of drug-likeness (QED) is 0.0430. The van der Waals surface area contributed by atoms with Crippen LogP contribution in [0, 0.1) is 23.7 Å². The van der Waals surface area contributed by atoms with E-state index >= 15 is 0 Å². The maximum absolute atomic E-state index is 13.6. The molecule has 4 heterocycles. The van der Waals surface area contributed by atoms with Gasteiger partial charge in [-0.1, -0.05) is 57.7 Å². The van der Waals surface area contributed by atoms with Crippen molar-refractivity contribution >= 4 is 46.4 Å². The van der Waals surface area contributed by atoms with Crippen LogP contribution in [-0.4, -0.2) is 93.4 Å². The van der Waals surface area contributed by atoms with Crippen molar-refractivity contribution in [3.8, 4) is 23.0 Å². The van der Waals surface area contributed by atoms with Crippen molar-refractivity contribution in [2.24, 2.45) is 16.8 Å². The summed E-state index contributed by atoms with van der Waals surface area (Å²) in [5.41, 5.74) is 7.15. The van der Waals surface area contributed by atoms with Gasteiger partial charge in [-0.3, -0.25) is 9.59 Å². The van der Waals surface area contributed by atoms with Gasteiger partial charge in [-0.15, -0.1) is 0 Å². The van der Waals surface area contributed by atoms with E-state index in [1.54, 1.807) is 0 Å². The van der Waals surface area contributed by atoms with Gasteiger partial charge in [0.05, 0.1) is 48.4 Å². The highest BCUT2D eigenvalue weighted by Gasteiger charge is 2.38. The largest absolute Gasteiger partial charge is 0.453 e. The van der Waals surface area contributed by atoms with Gasteiger partial charge in [0.25, 0.3) is 0 Å². The minimum Gasteiger partial charge on any atom is -0.453 e. The number of alkyl carbamates (subject to hydrolysis) is 1. The van der Waals surface area contributed by atoms with E-state index in [0.717, 1.165) is 81.7 Å². The molecule has 0 radical (unpaired) electrons. The van der Waals surface area contributed by atoms with Gasteiger partial charge in [0, 0.05) is 24.2 Å². The zero-order chi connectivity index (χ0) is 40.9. The SMILES string of the molecule is COO/C=N\[C@H](C(=O)N1CCC[C@H]1c1nc2cc(-c3ccc(C#Cc4ccc5[nH]c([C@@H]6CCCN6C(=O)[C@@H](NC(=O)OC)C(C)C)nc5c4)cc3)ccc2[nH]1)C(C)C. The van der Waals surface area contributed by atoms with Crippen molar-refractivity contribution in [2.45, 2.75) is 77.5 Å². The first-order valence-corrected chi connectivity index (χ1v) is 19.8. The van der Waals surface area contributed by atoms with E-state index in [1.165, 1.54) is 20.6 Å². The van der Waals surface area contributed by atoms with Crippen molar-refractivity contribution in [1.29, 1.82) is 0 Å². The van der Waals surface area contributed by atoms with Gasteiger partial charge in [-0.25, -0.2) is 19.8 Å². The Balaban J connectivity index is 1.03. The van der Waals surface area contributed by atoms with Crippen molar-refractivity contribution in [1.82, 2.24) is 35.1 Å². The van der Waals surface area contributed by atoms with Gasteiger partial charge in [0.1, 0.15) is 23.7 Å². The minimum absolute atomic E-state index is 0.0144. The van der Waals surface area contributed by atoms with Crippen LogP contribution in [0.3, 0.4) is 0 Å². The van der Waals surface area contributed by atoms with E-state index in [2.05, 4.69) is 61.3 Å². The Kier molecular flexibility index (Phi) is 12.1. The molecule has 0 bridgehead atoms. The molecular formula is C44H50N8O6. The lowest BCUT2D eigenvalue weighted by Gasteiger charge is -2.29. The number of fused-ring (bicyclic) bond motifs is 2. The molecule has 5 aromatic rings. The van der Waals surface area contributed by atoms with Gasteiger partial charge < -0.3 is 34.7 Å². The number of H-pyrrole nitrogens is 2. The van der Waals surface area contributed by atoms with Gasteiger partial charge in [-0.05, 0) is 91.1 Å². The molecule has 2 aliphatic rings. The number of amides is 3. The number of hydrogen-bond donors (Lipinski definition) is 3. The molecular weight excluding hydrogens is 737 g/mol. The third-order valence-corrected chi connectivity index (χ3v) is 10.9. The second kappa shape index (κ2) is 17.5. The van der Waals surface area contributed by atoms with Crippen molar-refractivity contribution in [2.75, 3.05) is 27.3 Å². The fraction of sp³-hybridized carbons (Fsp3) is 0.409. The molecule has 14 nitrogen and oxygen atoms in total. The third kappa shape index (κ3) is 8.55. The number of imidazole rings is 2. The number of aromatic nitrogens is 4. The summed E-state index contributed by atoms with van der Waals surface area (Å²) in [6, 6.07) is 18.5. The molecule has 302 valence electrons. The van der Waals surface area contributed by atoms with E-state index < -0.39 is 18.2 Å². The topological polar surface area (TPSA) is 167 Å². The zero-order valence-electron chi connectivity index (χ0n) is 33.7. The molecule has 3 aromatic carbocycles. The Hall–Kier alpha value is -6.20. The number of methoxy groups -OCH3 is 1. The smallest absolute Gasteiger partial charge is 0.407 e. The number of aromatic amines is 2. The Bertz CT molecular complexity index is 2370. The average molecular weight is 787 g/mol. The number of nitrogens with zero attached hydrogens (tertiary/aromatic N) is 5. The molecule has 3 N–H and O–H groups in total. The van der Waals surface area contributed by atoms with Gasteiger partial charge in [-0.2, -0.15) is 4.89 Å². The second-order valence-electron chi connectivity index (χ2n) is 15.5. The number of nitrogens with one attached hydrogen (secondary N) is 3. The molecule has 2 fully saturated rings. The molecule has 2 saturated heterocycles. The lowest BCUT2D eigenvalue weighted by atomic mass is 10.0. The van der Waals surface area contributed by atoms with Gasteiger partial charge in [0.15, 0.2) is 0 Å². The summed E-state index contributed by atoms with van der Waals surface area (Å²) < 4.78 is 4.76. The van der Waals surface area contributed by atoms with Gasteiger partial charge in [0.2, 0.25) is 18.2 Å². The highest BCUT2D eigenvalue weighted by atomic mass is 17.2. The van der Waals surface area contributed by atoms with E-state index in [-0.39, 0.29) is 35.7 Å². The maximum Gasteiger partial charge on any atom is 0.407 e. The number of likely N-dealkylation sites (tertiary alicyclic amines) is 2. The second-order valence-corrected chi connectivity index (χ2v) is 15.5. The summed E-state index contributed by atoms with van der Waals surface area (Å²) in [6.45, 7) is 8.96. The Morgan fingerprint density at radius 3 is 1.95 bits per heavy atom. The van der Waals surface area contributed by atoms with Crippen molar-refractivity contribution < 1.29 is 28.9 Å². The van der Waals surface area contributed by atoms with E-state index in [4.69, 9.17) is 19.6 Å². The first kappa shape index (κ1) is 40.0. The molecule has 2 aromatic heterocycles. The number of ether oxygens (including phenoxy) is 1. The molecule has 0 saturated carbocycles. The summed E-state index contributed by atoms with van der Waals surface area (Å²) in [5.74, 6) is 7.73. The first-order valence-electron chi connectivity index (χ1n) is 19.8. The summed E-state index contributed by atoms with van der Waals surface area (Å²) in [6.07, 6.45) is 3.88. The lowest BCUT2D eigenvalue weighted by Crippen LogP contribution is -2.51. The van der Waals surface area contributed by atoms with Crippen LogP contribution in [0.2, 0.25) is 0 Å². The number of hydrogen-bond acceptors (Lipinski definition) is 9. The zero-order valence-corrected chi connectivity index (χ0v) is 33.7. The molecule has 58 heavy (non-hydrogen) atoms. The van der Waals surface area contributed by atoms with Gasteiger partial charge >= 0.3 is 6.09 Å². The fourth-order valence-corrected chi connectivity index (χ4v) is 7.85. The van der Waals surface area contributed by atoms with Crippen LogP contribution in [0.15, 0.2) is 65.7 Å². The number of rotatable bonds is 11. The van der Waals surface area contributed by atoms with Crippen LogP contribution in [0.25, 0.3) is 33.2 Å². The van der Waals surface area contributed by atoms with E-state index in [0.29, 0.717) is 13.1 Å². The van der Waals surface area contributed by atoms with Crippen LogP contribution in [0.1, 0.15) is 88.2 Å². The molecule has 14 heteroatoms. The normalized spacial score (nSPS) is 17.9. The predicted octanol–water partition coefficient (Wildman–Crippen LogP) is 6.84. The average Bonchev–Trinajstić information content (AvgIpc) is 4.05.